The van der Waals surface area contributed by atoms with E-state index in [1.807, 2.05) is 108 Å². The van der Waals surface area contributed by atoms with Crippen LogP contribution in [0.15, 0.2) is 92.6 Å². The Morgan fingerprint density at radius 3 is 1.58 bits per heavy atom. The highest BCUT2D eigenvalue weighted by Gasteiger charge is 2.07. The molecule has 234 valence electrons. The van der Waals surface area contributed by atoms with E-state index in [1.165, 1.54) is 0 Å². The minimum absolute atomic E-state index is 0.0433. The van der Waals surface area contributed by atoms with Crippen LogP contribution < -0.4 is 15.0 Å². The number of rotatable bonds is 7. The van der Waals surface area contributed by atoms with Gasteiger partial charge in [-0.05, 0) is 101 Å². The summed E-state index contributed by atoms with van der Waals surface area (Å²) in [4.78, 5) is 33.0. The van der Waals surface area contributed by atoms with Crippen LogP contribution in [0.25, 0.3) is 0 Å². The Hall–Kier alpha value is -4.08. The summed E-state index contributed by atoms with van der Waals surface area (Å²) in [6.07, 6.45) is 0.832. The smallest absolute Gasteiger partial charge is 0.248 e. The molecule has 1 N–H and O–H groups in total. The molecule has 2 aromatic carbocycles. The summed E-state index contributed by atoms with van der Waals surface area (Å²) in [5.41, 5.74) is 8.37. The Morgan fingerprint density at radius 1 is 0.667 bits per heavy atom. The molecule has 45 heavy (non-hydrogen) atoms. The lowest BCUT2D eigenvalue weighted by molar-refractivity contribution is 0.112. The van der Waals surface area contributed by atoms with Crippen molar-refractivity contribution in [1.29, 1.82) is 0 Å². The predicted octanol–water partition coefficient (Wildman–Crippen LogP) is 8.88. The average Bonchev–Trinajstić information content (AvgIpc) is 3.02. The number of aryl methyl sites for hydroxylation is 6. The summed E-state index contributed by atoms with van der Waals surface area (Å²) >= 11 is 6.83. The molecule has 5 rings (SSSR count). The van der Waals surface area contributed by atoms with Gasteiger partial charge < -0.3 is 14.5 Å². The maximum Gasteiger partial charge on any atom is 0.248 e. The number of halogens is 2. The van der Waals surface area contributed by atoms with Crippen molar-refractivity contribution in [3.8, 4) is 11.8 Å². The van der Waals surface area contributed by atoms with Gasteiger partial charge in [0.05, 0.1) is 11.4 Å². The lowest BCUT2D eigenvalue weighted by atomic mass is 10.1. The van der Waals surface area contributed by atoms with Crippen LogP contribution in [0.5, 0.6) is 11.8 Å². The van der Waals surface area contributed by atoms with Crippen LogP contribution in [0.2, 0.25) is 0 Å². The van der Waals surface area contributed by atoms with E-state index in [4.69, 9.17) is 9.47 Å². The van der Waals surface area contributed by atoms with Crippen LogP contribution in [-0.2, 0) is 13.2 Å². The third kappa shape index (κ3) is 11.1. The molecular formula is C36H37Br2N3O4. The van der Waals surface area contributed by atoms with Crippen LogP contribution in [0, 0.1) is 41.5 Å². The second-order valence-corrected chi connectivity index (χ2v) is 12.0. The summed E-state index contributed by atoms with van der Waals surface area (Å²) in [6.45, 7) is 12.5. The van der Waals surface area contributed by atoms with Crippen LogP contribution >= 0.6 is 31.9 Å². The standard InChI is InChI=1S/C15H15NO2.C14H14BrNO.C7H8BrNO/c1-11-8-15(16-12(2)14(11)9-17)18-10-13-6-4-3-5-7-13;1-10-8-13(16-11(2)14(10)15)17-9-12-6-4-3-5-7-12;1-4-3-6(10)9-5(2)7(4)8/h3-9H,10H2,1-2H3;3-8H,9H2,1-2H3;3H,1-2H3,(H,9,10). The van der Waals surface area contributed by atoms with Gasteiger partial charge in [0.15, 0.2) is 6.29 Å². The normalized spacial score (nSPS) is 10.1. The van der Waals surface area contributed by atoms with Crippen molar-refractivity contribution in [3.63, 3.8) is 0 Å². The van der Waals surface area contributed by atoms with Crippen molar-refractivity contribution < 1.29 is 14.3 Å². The SMILES string of the molecule is Cc1cc(=O)[nH]c(C)c1Br.Cc1cc(OCc2ccccc2)nc(C)c1Br.Cc1cc(OCc2ccccc2)nc(C)c1C=O. The fraction of sp³-hybridized carbons (Fsp3) is 0.222. The molecule has 0 fully saturated rings. The van der Waals surface area contributed by atoms with Crippen LogP contribution in [-0.4, -0.2) is 21.2 Å². The molecule has 0 atom stereocenters. The third-order valence-electron chi connectivity index (χ3n) is 6.62. The summed E-state index contributed by atoms with van der Waals surface area (Å²) in [5, 5.41) is 0. The third-order valence-corrected chi connectivity index (χ3v) is 9.04. The summed E-state index contributed by atoms with van der Waals surface area (Å²) in [7, 11) is 0. The number of hydrogen-bond acceptors (Lipinski definition) is 6. The van der Waals surface area contributed by atoms with Crippen molar-refractivity contribution in [1.82, 2.24) is 15.0 Å². The maximum atomic E-state index is 10.9. The number of hydrogen-bond donors (Lipinski definition) is 1. The molecule has 0 saturated carbocycles. The van der Waals surface area contributed by atoms with E-state index in [0.29, 0.717) is 36.2 Å². The predicted molar refractivity (Wildman–Crippen MR) is 186 cm³/mol. The van der Waals surface area contributed by atoms with Gasteiger partial charge in [-0.2, -0.15) is 0 Å². The van der Waals surface area contributed by atoms with E-state index in [1.54, 1.807) is 12.1 Å². The molecule has 0 amide bonds. The van der Waals surface area contributed by atoms with Crippen molar-refractivity contribution in [3.05, 3.63) is 149 Å². The van der Waals surface area contributed by atoms with Gasteiger partial charge in [0, 0.05) is 38.4 Å². The van der Waals surface area contributed by atoms with Gasteiger partial charge >= 0.3 is 0 Å². The Morgan fingerprint density at radius 2 is 1.13 bits per heavy atom. The lowest BCUT2D eigenvalue weighted by Gasteiger charge is -2.09. The maximum absolute atomic E-state index is 10.9. The van der Waals surface area contributed by atoms with Crippen molar-refractivity contribution in [2.75, 3.05) is 0 Å². The monoisotopic (exact) mass is 733 g/mol. The molecule has 0 spiro atoms. The molecule has 0 saturated heterocycles. The molecule has 9 heteroatoms. The van der Waals surface area contributed by atoms with Gasteiger partial charge in [0.1, 0.15) is 13.2 Å². The number of nitrogens with one attached hydrogen (secondary N) is 1. The van der Waals surface area contributed by atoms with Gasteiger partial charge in [0.25, 0.3) is 0 Å². The first-order valence-electron chi connectivity index (χ1n) is 14.2. The van der Waals surface area contributed by atoms with Crippen LogP contribution in [0.1, 0.15) is 55.3 Å². The fourth-order valence-corrected chi connectivity index (χ4v) is 4.62. The number of benzene rings is 2. The molecule has 5 aromatic rings. The van der Waals surface area contributed by atoms with Crippen molar-refractivity contribution in [2.24, 2.45) is 0 Å². The zero-order valence-electron chi connectivity index (χ0n) is 26.3. The zero-order valence-corrected chi connectivity index (χ0v) is 29.5. The molecule has 0 aliphatic heterocycles. The summed E-state index contributed by atoms with van der Waals surface area (Å²) in [5.74, 6) is 1.23. The number of aromatic amines is 1. The Balaban J connectivity index is 0.000000192. The largest absolute Gasteiger partial charge is 0.473 e. The highest BCUT2D eigenvalue weighted by Crippen LogP contribution is 2.23. The number of aldehydes is 1. The number of H-pyrrole nitrogens is 1. The quantitative estimate of drug-likeness (QED) is 0.168. The van der Waals surface area contributed by atoms with Crippen LogP contribution in [0.4, 0.5) is 0 Å². The average molecular weight is 736 g/mol. The minimum atomic E-state index is -0.0433. The number of nitrogens with zero attached hydrogens (tertiary/aromatic N) is 2. The minimum Gasteiger partial charge on any atom is -0.473 e. The first-order chi connectivity index (χ1) is 21.5. The van der Waals surface area contributed by atoms with Crippen molar-refractivity contribution >= 4 is 38.1 Å². The second-order valence-electron chi connectivity index (χ2n) is 10.4. The first-order valence-corrected chi connectivity index (χ1v) is 15.8. The Labute approximate surface area is 281 Å². The highest BCUT2D eigenvalue weighted by atomic mass is 79.9. The molecule has 0 radical (unpaired) electrons. The number of ether oxygens (including phenoxy) is 2. The lowest BCUT2D eigenvalue weighted by Crippen LogP contribution is -2.06. The number of aromatic nitrogens is 3. The van der Waals surface area contributed by atoms with Crippen LogP contribution in [0.3, 0.4) is 0 Å². The summed E-state index contributed by atoms with van der Waals surface area (Å²) in [6, 6.07) is 25.3. The topological polar surface area (TPSA) is 94.2 Å². The first kappa shape index (κ1) is 35.4. The fourth-order valence-electron chi connectivity index (χ4n) is 4.21. The zero-order chi connectivity index (χ0) is 32.9. The van der Waals surface area contributed by atoms with E-state index < -0.39 is 0 Å². The number of carbonyl (C=O) groups excluding carboxylic acids is 1. The molecule has 0 bridgehead atoms. The second kappa shape index (κ2) is 17.4. The molecular weight excluding hydrogens is 698 g/mol. The van der Waals surface area contributed by atoms with Gasteiger partial charge in [-0.1, -0.05) is 60.7 Å². The molecule has 0 unspecified atom stereocenters. The Kier molecular flexibility index (Phi) is 13.7. The van der Waals surface area contributed by atoms with E-state index in [-0.39, 0.29) is 5.56 Å². The molecule has 0 aliphatic rings. The molecule has 7 nitrogen and oxygen atoms in total. The van der Waals surface area contributed by atoms with E-state index in [2.05, 4.69) is 46.8 Å². The van der Waals surface area contributed by atoms with E-state index >= 15 is 0 Å². The van der Waals surface area contributed by atoms with E-state index in [0.717, 1.165) is 54.4 Å². The summed E-state index contributed by atoms with van der Waals surface area (Å²) < 4.78 is 13.3. The van der Waals surface area contributed by atoms with Gasteiger partial charge in [-0.3, -0.25) is 9.59 Å². The van der Waals surface area contributed by atoms with Gasteiger partial charge in [-0.15, -0.1) is 0 Å². The molecule has 3 heterocycles. The number of carbonyl (C=O) groups is 1. The van der Waals surface area contributed by atoms with Gasteiger partial charge in [-0.25, -0.2) is 9.97 Å². The van der Waals surface area contributed by atoms with E-state index in [9.17, 15) is 9.59 Å². The highest BCUT2D eigenvalue weighted by molar-refractivity contribution is 9.10. The molecule has 3 aromatic heterocycles. The Bertz CT molecular complexity index is 1700. The van der Waals surface area contributed by atoms with Crippen molar-refractivity contribution in [2.45, 2.75) is 54.8 Å². The molecule has 0 aliphatic carbocycles. The number of pyridine rings is 3. The van der Waals surface area contributed by atoms with Gasteiger partial charge in [0.2, 0.25) is 17.3 Å².